The van der Waals surface area contributed by atoms with E-state index in [2.05, 4.69) is 20.6 Å². The van der Waals surface area contributed by atoms with Gasteiger partial charge in [0, 0.05) is 17.2 Å². The number of oxime groups is 1. The van der Waals surface area contributed by atoms with E-state index in [0.717, 1.165) is 16.2 Å². The van der Waals surface area contributed by atoms with Gasteiger partial charge in [0.2, 0.25) is 0 Å². The maximum atomic E-state index is 12.7. The molecule has 1 saturated heterocycles. The van der Waals surface area contributed by atoms with Crippen molar-refractivity contribution in [2.75, 3.05) is 11.5 Å². The number of carbonyl (C=O) groups excluding carboxylic acids is 2. The Morgan fingerprint density at radius 1 is 1.44 bits per heavy atom. The minimum Gasteiger partial charge on any atom is -0.477 e. The van der Waals surface area contributed by atoms with Gasteiger partial charge in [0.25, 0.3) is 11.8 Å². The Morgan fingerprint density at radius 2 is 2.22 bits per heavy atom. The van der Waals surface area contributed by atoms with Gasteiger partial charge < -0.3 is 25.9 Å². The molecule has 0 radical (unpaired) electrons. The zero-order valence-electron chi connectivity index (χ0n) is 16.4. The zero-order chi connectivity index (χ0) is 23.0. The lowest BCUT2D eigenvalue weighted by Gasteiger charge is -2.49. The Kier molecular flexibility index (Phi) is 5.71. The molecule has 2 aromatic rings. The third-order valence-electron chi connectivity index (χ3n) is 4.66. The number of carbonyl (C=O) groups is 3. The Morgan fingerprint density at radius 3 is 2.81 bits per heavy atom. The molecule has 12 nitrogen and oxygen atoms in total. The molecule has 2 aliphatic rings. The van der Waals surface area contributed by atoms with Crippen LogP contribution in [0.25, 0.3) is 6.08 Å². The molecule has 14 heteroatoms. The number of hydrogen-bond acceptors (Lipinski definition) is 11. The lowest BCUT2D eigenvalue weighted by Crippen LogP contribution is -2.71. The zero-order valence-corrected chi connectivity index (χ0v) is 18.0. The first-order valence-corrected chi connectivity index (χ1v) is 11.0. The van der Waals surface area contributed by atoms with E-state index in [9.17, 15) is 24.7 Å². The van der Waals surface area contributed by atoms with E-state index < -0.39 is 34.9 Å². The number of aliphatic carboxylic acids is 1. The average Bonchev–Trinajstić information content (AvgIpc) is 3.38. The van der Waals surface area contributed by atoms with E-state index in [-0.39, 0.29) is 22.3 Å². The highest BCUT2D eigenvalue weighted by Crippen LogP contribution is 2.40. The lowest BCUT2D eigenvalue weighted by molar-refractivity contribution is -0.150. The summed E-state index contributed by atoms with van der Waals surface area (Å²) in [6.45, 7) is 1.76. The number of thioether (sulfide) groups is 1. The lowest BCUT2D eigenvalue weighted by atomic mass is 10.0. The summed E-state index contributed by atoms with van der Waals surface area (Å²) in [5.41, 5.74) is 6.13. The van der Waals surface area contributed by atoms with Crippen molar-refractivity contribution in [3.63, 3.8) is 0 Å². The fourth-order valence-electron chi connectivity index (χ4n) is 3.23. The Labute approximate surface area is 188 Å². The number of amides is 2. The molecular formula is C18H16N6O6S2. The number of nitrogens with one attached hydrogen (secondary N) is 1. The average molecular weight is 476 g/mol. The van der Waals surface area contributed by atoms with Crippen LogP contribution in [-0.2, 0) is 14.4 Å². The SMILES string of the molecule is Cc1cc(/C=C\C2=C(C(=O)O)N3C(=O)[C@@H](NC(=O)/C(=N\O)c4csc(N)n4)[C@H]3SC2)on1. The number of anilines is 1. The van der Waals surface area contributed by atoms with Gasteiger partial charge in [-0.2, -0.15) is 0 Å². The summed E-state index contributed by atoms with van der Waals surface area (Å²) in [5, 5.41) is 29.1. The van der Waals surface area contributed by atoms with Crippen LogP contribution in [0.3, 0.4) is 0 Å². The van der Waals surface area contributed by atoms with Crippen LogP contribution >= 0.6 is 23.1 Å². The highest BCUT2D eigenvalue weighted by Gasteiger charge is 2.54. The number of aromatic nitrogens is 2. The largest absolute Gasteiger partial charge is 0.477 e. The van der Waals surface area contributed by atoms with Crippen molar-refractivity contribution in [3.8, 4) is 0 Å². The molecule has 0 unspecified atom stereocenters. The molecule has 4 rings (SSSR count). The van der Waals surface area contributed by atoms with Gasteiger partial charge in [0.05, 0.1) is 5.69 Å². The molecule has 2 atom stereocenters. The van der Waals surface area contributed by atoms with Crippen molar-refractivity contribution in [1.29, 1.82) is 0 Å². The highest BCUT2D eigenvalue weighted by molar-refractivity contribution is 8.00. The quantitative estimate of drug-likeness (QED) is 0.200. The summed E-state index contributed by atoms with van der Waals surface area (Å²) in [5.74, 6) is -1.95. The third-order valence-corrected chi connectivity index (χ3v) is 6.64. The fourth-order valence-corrected chi connectivity index (χ4v) is 5.10. The molecule has 1 fully saturated rings. The molecule has 166 valence electrons. The van der Waals surface area contributed by atoms with Crippen LogP contribution in [-0.4, -0.2) is 66.0 Å². The van der Waals surface area contributed by atoms with E-state index in [1.807, 2.05) is 0 Å². The number of nitrogen functional groups attached to an aromatic ring is 1. The summed E-state index contributed by atoms with van der Waals surface area (Å²) >= 11 is 2.35. The van der Waals surface area contributed by atoms with Crippen LogP contribution in [0.15, 0.2) is 38.5 Å². The monoisotopic (exact) mass is 476 g/mol. The number of rotatable bonds is 6. The summed E-state index contributed by atoms with van der Waals surface area (Å²) in [6, 6.07) is 0.699. The number of nitrogens with two attached hydrogens (primary N) is 1. The first kappa shape index (κ1) is 21.6. The van der Waals surface area contributed by atoms with Crippen LogP contribution in [0, 0.1) is 6.92 Å². The van der Waals surface area contributed by atoms with Gasteiger partial charge in [-0.25, -0.2) is 9.78 Å². The number of aryl methyl sites for hydroxylation is 1. The molecule has 0 aliphatic carbocycles. The maximum Gasteiger partial charge on any atom is 0.352 e. The third kappa shape index (κ3) is 3.85. The van der Waals surface area contributed by atoms with E-state index >= 15 is 0 Å². The van der Waals surface area contributed by atoms with Gasteiger partial charge in [-0.1, -0.05) is 16.4 Å². The Balaban J connectivity index is 1.52. The molecule has 5 N–H and O–H groups in total. The van der Waals surface area contributed by atoms with E-state index in [1.165, 1.54) is 17.1 Å². The number of thiazole rings is 1. The van der Waals surface area contributed by atoms with Crippen molar-refractivity contribution in [3.05, 3.63) is 45.9 Å². The normalized spacial score (nSPS) is 21.0. The van der Waals surface area contributed by atoms with Gasteiger partial charge in [0.1, 0.15) is 22.8 Å². The summed E-state index contributed by atoms with van der Waals surface area (Å²) in [7, 11) is 0. The molecular weight excluding hydrogens is 460 g/mol. The summed E-state index contributed by atoms with van der Waals surface area (Å²) < 4.78 is 5.08. The predicted molar refractivity (Wildman–Crippen MR) is 115 cm³/mol. The second kappa shape index (κ2) is 8.47. The van der Waals surface area contributed by atoms with E-state index in [1.54, 1.807) is 25.1 Å². The first-order chi connectivity index (χ1) is 15.3. The van der Waals surface area contributed by atoms with Gasteiger partial charge >= 0.3 is 5.97 Å². The number of fused-ring (bicyclic) bond motifs is 1. The molecule has 0 spiro atoms. The molecule has 2 aliphatic heterocycles. The molecule has 32 heavy (non-hydrogen) atoms. The fraction of sp³-hybridized carbons (Fsp3) is 0.222. The van der Waals surface area contributed by atoms with Crippen molar-refractivity contribution >= 4 is 57.8 Å². The number of nitrogens with zero attached hydrogens (tertiary/aromatic N) is 4. The topological polar surface area (TPSA) is 184 Å². The van der Waals surface area contributed by atoms with Crippen molar-refractivity contribution in [2.24, 2.45) is 5.16 Å². The molecule has 2 amide bonds. The minimum absolute atomic E-state index is 0.0635. The van der Waals surface area contributed by atoms with Crippen LogP contribution in [0.1, 0.15) is 17.1 Å². The molecule has 0 aromatic carbocycles. The molecule has 0 bridgehead atoms. The second-order valence-corrected chi connectivity index (χ2v) is 8.76. The van der Waals surface area contributed by atoms with Gasteiger partial charge in [-0.3, -0.25) is 14.5 Å². The summed E-state index contributed by atoms with van der Waals surface area (Å²) in [6.07, 6.45) is 3.14. The number of β-lactam (4-membered cyclic amide) rings is 1. The van der Waals surface area contributed by atoms with Crippen molar-refractivity contribution < 1.29 is 29.2 Å². The number of hydrogen-bond donors (Lipinski definition) is 4. The Bertz CT molecular complexity index is 1200. The standard InChI is InChI=1S/C18H16N6O6S2/c1-7-4-9(30-23-7)3-2-8-5-31-16-12(15(26)24(16)13(8)17(27)28)21-14(25)11(22-29)10-6-32-18(19)20-10/h2-4,6,12,16,29H,5H2,1H3,(H2,19,20)(H,21,25)(H,27,28)/b3-2-,22-11-/t12-,16-/m1/s1. The Hall–Kier alpha value is -3.65. The van der Waals surface area contributed by atoms with Gasteiger partial charge in [-0.15, -0.1) is 23.1 Å². The highest BCUT2D eigenvalue weighted by atomic mass is 32.2. The van der Waals surface area contributed by atoms with E-state index in [0.29, 0.717) is 17.0 Å². The molecule has 2 aromatic heterocycles. The summed E-state index contributed by atoms with van der Waals surface area (Å²) in [4.78, 5) is 42.2. The number of allylic oxidation sites excluding steroid dienone is 1. The number of carboxylic acids is 1. The predicted octanol–water partition coefficient (Wildman–Crippen LogP) is 0.652. The van der Waals surface area contributed by atoms with Gasteiger partial charge in [-0.05, 0) is 18.6 Å². The van der Waals surface area contributed by atoms with Crippen LogP contribution < -0.4 is 11.1 Å². The molecule has 0 saturated carbocycles. The van der Waals surface area contributed by atoms with Crippen LogP contribution in [0.2, 0.25) is 0 Å². The van der Waals surface area contributed by atoms with Gasteiger partial charge in [0.15, 0.2) is 16.6 Å². The smallest absolute Gasteiger partial charge is 0.352 e. The van der Waals surface area contributed by atoms with Crippen LogP contribution in [0.4, 0.5) is 5.13 Å². The number of carboxylic acid groups (broad SMARTS) is 1. The van der Waals surface area contributed by atoms with E-state index in [4.69, 9.17) is 10.3 Å². The van der Waals surface area contributed by atoms with Crippen LogP contribution in [0.5, 0.6) is 0 Å². The van der Waals surface area contributed by atoms with Crippen molar-refractivity contribution in [1.82, 2.24) is 20.4 Å². The maximum absolute atomic E-state index is 12.7. The van der Waals surface area contributed by atoms with Crippen molar-refractivity contribution in [2.45, 2.75) is 18.3 Å². The minimum atomic E-state index is -1.27. The molecule has 4 heterocycles. The second-order valence-electron chi connectivity index (χ2n) is 6.76. The first-order valence-electron chi connectivity index (χ1n) is 9.07.